The van der Waals surface area contributed by atoms with E-state index in [-0.39, 0.29) is 5.63 Å². The topological polar surface area (TPSA) is 106 Å². The van der Waals surface area contributed by atoms with Crippen LogP contribution in [0.2, 0.25) is 0 Å². The minimum atomic E-state index is -1.07. The Morgan fingerprint density at radius 2 is 2.07 bits per heavy atom. The Bertz CT molecular complexity index is 954. The standard InChI is InChI=1S/C20H23NO6S/c1-11(18(22)21-16(19(23)24)8-9-28-2)26-12-6-7-14-13-4-3-5-15(13)20(25)27-17(14)10-12/h6-7,10-11,16H,3-5,8-9H2,1-2H3,(H,21,22)(H,23,24)/t11-,16-/m0/s1. The number of ether oxygens (including phenoxy) is 1. The number of amides is 1. The van der Waals surface area contributed by atoms with Crippen LogP contribution in [0.25, 0.3) is 11.0 Å². The third kappa shape index (κ3) is 4.32. The summed E-state index contributed by atoms with van der Waals surface area (Å²) in [7, 11) is 0. The summed E-state index contributed by atoms with van der Waals surface area (Å²) in [6.07, 6.45) is 3.85. The molecule has 1 aliphatic rings. The van der Waals surface area contributed by atoms with Gasteiger partial charge in [-0.25, -0.2) is 9.59 Å². The maximum atomic E-state index is 12.3. The van der Waals surface area contributed by atoms with Crippen LogP contribution >= 0.6 is 11.8 Å². The molecule has 2 aromatic rings. The van der Waals surface area contributed by atoms with Crippen molar-refractivity contribution < 1.29 is 23.8 Å². The van der Waals surface area contributed by atoms with Crippen LogP contribution in [0, 0.1) is 0 Å². The molecule has 0 radical (unpaired) electrons. The Kier molecular flexibility index (Phi) is 6.28. The number of nitrogens with one attached hydrogen (secondary N) is 1. The number of benzene rings is 1. The summed E-state index contributed by atoms with van der Waals surface area (Å²) >= 11 is 1.51. The molecule has 0 fully saturated rings. The highest BCUT2D eigenvalue weighted by atomic mass is 32.2. The molecule has 2 N–H and O–H groups in total. The monoisotopic (exact) mass is 405 g/mol. The van der Waals surface area contributed by atoms with Gasteiger partial charge in [-0.2, -0.15) is 11.8 Å². The van der Waals surface area contributed by atoms with E-state index >= 15 is 0 Å². The molecular weight excluding hydrogens is 382 g/mol. The number of carbonyl (C=O) groups excluding carboxylic acids is 1. The van der Waals surface area contributed by atoms with Crippen LogP contribution < -0.4 is 15.7 Å². The van der Waals surface area contributed by atoms with E-state index in [1.807, 2.05) is 12.3 Å². The summed E-state index contributed by atoms with van der Waals surface area (Å²) in [5.41, 5.74) is 1.89. The molecule has 1 heterocycles. The van der Waals surface area contributed by atoms with E-state index in [0.717, 1.165) is 35.8 Å². The normalized spacial score (nSPS) is 15.1. The van der Waals surface area contributed by atoms with E-state index in [2.05, 4.69) is 5.32 Å². The second-order valence-corrected chi connectivity index (χ2v) is 7.78. The van der Waals surface area contributed by atoms with Crippen molar-refractivity contribution in [3.8, 4) is 5.75 Å². The van der Waals surface area contributed by atoms with Gasteiger partial charge in [-0.1, -0.05) is 0 Å². The summed E-state index contributed by atoms with van der Waals surface area (Å²) in [5.74, 6) is -0.576. The highest BCUT2D eigenvalue weighted by Gasteiger charge is 2.24. The molecule has 1 aromatic carbocycles. The van der Waals surface area contributed by atoms with Crippen molar-refractivity contribution in [2.75, 3.05) is 12.0 Å². The second kappa shape index (κ2) is 8.68. The van der Waals surface area contributed by atoms with Crippen molar-refractivity contribution >= 4 is 34.6 Å². The minimum absolute atomic E-state index is 0.318. The lowest BCUT2D eigenvalue weighted by molar-refractivity contribution is -0.142. The van der Waals surface area contributed by atoms with Crippen molar-refractivity contribution in [1.29, 1.82) is 0 Å². The molecule has 0 unspecified atom stereocenters. The number of carboxylic acid groups (broad SMARTS) is 1. The lowest BCUT2D eigenvalue weighted by atomic mass is 10.1. The molecule has 1 amide bonds. The summed E-state index contributed by atoms with van der Waals surface area (Å²) in [6.45, 7) is 1.55. The molecule has 3 rings (SSSR count). The highest BCUT2D eigenvalue weighted by Crippen LogP contribution is 2.29. The molecule has 8 heteroatoms. The number of aryl methyl sites for hydroxylation is 1. The largest absolute Gasteiger partial charge is 0.481 e. The first-order valence-electron chi connectivity index (χ1n) is 9.18. The number of hydrogen-bond acceptors (Lipinski definition) is 6. The lowest BCUT2D eigenvalue weighted by Gasteiger charge is -2.19. The van der Waals surface area contributed by atoms with Gasteiger partial charge in [0.25, 0.3) is 5.91 Å². The van der Waals surface area contributed by atoms with E-state index in [0.29, 0.717) is 23.5 Å². The zero-order chi connectivity index (χ0) is 20.3. The predicted molar refractivity (Wildman–Crippen MR) is 107 cm³/mol. The summed E-state index contributed by atoms with van der Waals surface area (Å²) in [6, 6.07) is 4.21. The molecule has 7 nitrogen and oxygen atoms in total. The van der Waals surface area contributed by atoms with Crippen molar-refractivity contribution in [3.05, 3.63) is 39.7 Å². The fourth-order valence-corrected chi connectivity index (χ4v) is 3.85. The van der Waals surface area contributed by atoms with E-state index in [1.54, 1.807) is 19.1 Å². The highest BCUT2D eigenvalue weighted by molar-refractivity contribution is 7.98. The van der Waals surface area contributed by atoms with Gasteiger partial charge in [0.1, 0.15) is 17.4 Å². The second-order valence-electron chi connectivity index (χ2n) is 6.80. The van der Waals surface area contributed by atoms with Crippen LogP contribution in [-0.4, -0.2) is 41.1 Å². The van der Waals surface area contributed by atoms with Gasteiger partial charge in [0.05, 0.1) is 0 Å². The number of rotatable bonds is 8. The van der Waals surface area contributed by atoms with Crippen LogP contribution in [0.4, 0.5) is 0 Å². The first kappa shape index (κ1) is 20.3. The molecule has 0 aliphatic heterocycles. The van der Waals surface area contributed by atoms with Crippen LogP contribution in [0.15, 0.2) is 27.4 Å². The van der Waals surface area contributed by atoms with Gasteiger partial charge < -0.3 is 19.6 Å². The number of aliphatic carboxylic acids is 1. The van der Waals surface area contributed by atoms with Crippen molar-refractivity contribution in [1.82, 2.24) is 5.32 Å². The first-order chi connectivity index (χ1) is 13.4. The Hall–Kier alpha value is -2.48. The average molecular weight is 405 g/mol. The molecule has 28 heavy (non-hydrogen) atoms. The predicted octanol–water partition coefficient (Wildman–Crippen LogP) is 2.37. The Balaban J connectivity index is 1.73. The molecule has 1 aromatic heterocycles. The maximum absolute atomic E-state index is 12.3. The van der Waals surface area contributed by atoms with Gasteiger partial charge in [0.15, 0.2) is 6.10 Å². The Morgan fingerprint density at radius 3 is 2.79 bits per heavy atom. The molecule has 0 saturated heterocycles. The number of hydrogen-bond donors (Lipinski definition) is 2. The van der Waals surface area contributed by atoms with E-state index in [1.165, 1.54) is 11.8 Å². The van der Waals surface area contributed by atoms with Gasteiger partial charge in [-0.3, -0.25) is 4.79 Å². The third-order valence-corrected chi connectivity index (χ3v) is 5.50. The van der Waals surface area contributed by atoms with Crippen LogP contribution in [0.3, 0.4) is 0 Å². The van der Waals surface area contributed by atoms with E-state index in [9.17, 15) is 19.5 Å². The number of thioether (sulfide) groups is 1. The third-order valence-electron chi connectivity index (χ3n) is 4.85. The number of carbonyl (C=O) groups is 2. The Morgan fingerprint density at radius 1 is 1.32 bits per heavy atom. The molecule has 0 spiro atoms. The SMILES string of the molecule is CSCC[C@H](NC(=O)[C@H](C)Oc1ccc2c3c(c(=O)oc2c1)CCC3)C(=O)O. The molecule has 0 saturated carbocycles. The van der Waals surface area contributed by atoms with Crippen LogP contribution in [0.1, 0.15) is 30.9 Å². The summed E-state index contributed by atoms with van der Waals surface area (Å²) < 4.78 is 11.1. The minimum Gasteiger partial charge on any atom is -0.481 e. The van der Waals surface area contributed by atoms with Gasteiger partial charge in [0.2, 0.25) is 0 Å². The fourth-order valence-electron chi connectivity index (χ4n) is 3.38. The summed E-state index contributed by atoms with van der Waals surface area (Å²) in [5, 5.41) is 12.6. The Labute approximate surface area is 166 Å². The molecule has 1 aliphatic carbocycles. The average Bonchev–Trinajstić information content (AvgIpc) is 3.15. The zero-order valence-corrected chi connectivity index (χ0v) is 16.6. The first-order valence-corrected chi connectivity index (χ1v) is 10.6. The van der Waals surface area contributed by atoms with Gasteiger partial charge >= 0.3 is 11.6 Å². The zero-order valence-electron chi connectivity index (χ0n) is 15.8. The summed E-state index contributed by atoms with van der Waals surface area (Å²) in [4.78, 5) is 35.7. The molecule has 150 valence electrons. The number of carboxylic acids is 1. The molecule has 0 bridgehead atoms. The van der Waals surface area contributed by atoms with Crippen molar-refractivity contribution in [2.24, 2.45) is 0 Å². The smallest absolute Gasteiger partial charge is 0.339 e. The van der Waals surface area contributed by atoms with Gasteiger partial charge in [-0.15, -0.1) is 0 Å². The van der Waals surface area contributed by atoms with Crippen LogP contribution in [-0.2, 0) is 22.4 Å². The van der Waals surface area contributed by atoms with Crippen molar-refractivity contribution in [2.45, 2.75) is 44.8 Å². The number of fused-ring (bicyclic) bond motifs is 3. The van der Waals surface area contributed by atoms with Crippen LogP contribution in [0.5, 0.6) is 5.75 Å². The quantitative estimate of drug-likeness (QED) is 0.650. The van der Waals surface area contributed by atoms with E-state index < -0.39 is 24.0 Å². The molecular formula is C20H23NO6S. The fraction of sp³-hybridized carbons (Fsp3) is 0.450. The van der Waals surface area contributed by atoms with E-state index in [4.69, 9.17) is 9.15 Å². The van der Waals surface area contributed by atoms with Gasteiger partial charge in [-0.05, 0) is 62.3 Å². The lowest BCUT2D eigenvalue weighted by Crippen LogP contribution is -2.46. The maximum Gasteiger partial charge on any atom is 0.339 e. The molecule has 2 atom stereocenters. The van der Waals surface area contributed by atoms with Gasteiger partial charge in [0, 0.05) is 17.0 Å². The van der Waals surface area contributed by atoms with Crippen molar-refractivity contribution in [3.63, 3.8) is 0 Å².